The van der Waals surface area contributed by atoms with Crippen LogP contribution >= 0.6 is 0 Å². The van der Waals surface area contributed by atoms with Gasteiger partial charge in [0.2, 0.25) is 0 Å². The highest BCUT2D eigenvalue weighted by Gasteiger charge is 2.20. The highest BCUT2D eigenvalue weighted by molar-refractivity contribution is 5.70. The van der Waals surface area contributed by atoms with E-state index in [9.17, 15) is 4.79 Å². The van der Waals surface area contributed by atoms with Crippen molar-refractivity contribution in [1.82, 2.24) is 0 Å². The van der Waals surface area contributed by atoms with Crippen LogP contribution in [-0.2, 0) is 9.53 Å². The van der Waals surface area contributed by atoms with Crippen LogP contribution in [-0.4, -0.2) is 22.9 Å². The number of aliphatic hydroxyl groups excluding tert-OH is 1. The summed E-state index contributed by atoms with van der Waals surface area (Å²) in [6, 6.07) is 0. The maximum absolute atomic E-state index is 11.2. The molecular weight excluding hydrogens is 170 g/mol. The van der Waals surface area contributed by atoms with E-state index in [-0.39, 0.29) is 18.3 Å². The second kappa shape index (κ2) is 4.58. The molecule has 3 N–H and O–H groups in total. The standard InChI is InChI=1S/C9H19NO3/c1-6(8(10)12)5-7(11)13-9(2,3)4/h6,8,12H,5,10H2,1-4H3/t6?,8-/m1/s1. The van der Waals surface area contributed by atoms with Crippen molar-refractivity contribution < 1.29 is 14.6 Å². The molecule has 13 heavy (non-hydrogen) atoms. The molecule has 4 heteroatoms. The van der Waals surface area contributed by atoms with Crippen LogP contribution in [0, 0.1) is 5.92 Å². The minimum atomic E-state index is -0.965. The monoisotopic (exact) mass is 189 g/mol. The molecule has 0 fully saturated rings. The SMILES string of the molecule is CC(CC(=O)OC(C)(C)C)[C@H](N)O. The molecule has 0 spiro atoms. The molecule has 4 nitrogen and oxygen atoms in total. The van der Waals surface area contributed by atoms with Gasteiger partial charge in [-0.1, -0.05) is 6.92 Å². The van der Waals surface area contributed by atoms with E-state index in [0.29, 0.717) is 0 Å². The zero-order valence-corrected chi connectivity index (χ0v) is 8.70. The summed E-state index contributed by atoms with van der Waals surface area (Å²) in [5, 5.41) is 8.94. The molecule has 0 amide bonds. The first-order valence-corrected chi connectivity index (χ1v) is 4.38. The Morgan fingerprint density at radius 1 is 1.54 bits per heavy atom. The van der Waals surface area contributed by atoms with Crippen molar-refractivity contribution in [3.05, 3.63) is 0 Å². The van der Waals surface area contributed by atoms with Crippen molar-refractivity contribution in [3.63, 3.8) is 0 Å². The molecular formula is C9H19NO3. The van der Waals surface area contributed by atoms with Gasteiger partial charge >= 0.3 is 5.97 Å². The zero-order chi connectivity index (χ0) is 10.6. The van der Waals surface area contributed by atoms with Crippen molar-refractivity contribution in [2.24, 2.45) is 11.7 Å². The number of rotatable bonds is 3. The number of carbonyl (C=O) groups excluding carboxylic acids is 1. The van der Waals surface area contributed by atoms with Crippen molar-refractivity contribution in [2.45, 2.75) is 45.9 Å². The smallest absolute Gasteiger partial charge is 0.306 e. The number of ether oxygens (including phenoxy) is 1. The summed E-state index contributed by atoms with van der Waals surface area (Å²) in [5.74, 6) is -0.598. The zero-order valence-electron chi connectivity index (χ0n) is 8.70. The van der Waals surface area contributed by atoms with Crippen LogP contribution in [0.25, 0.3) is 0 Å². The summed E-state index contributed by atoms with van der Waals surface area (Å²) >= 11 is 0. The number of hydrogen-bond acceptors (Lipinski definition) is 4. The van der Waals surface area contributed by atoms with E-state index in [0.717, 1.165) is 0 Å². The van der Waals surface area contributed by atoms with E-state index in [4.69, 9.17) is 15.6 Å². The van der Waals surface area contributed by atoms with Gasteiger partial charge in [-0.25, -0.2) is 0 Å². The summed E-state index contributed by atoms with van der Waals surface area (Å²) < 4.78 is 5.05. The van der Waals surface area contributed by atoms with Gasteiger partial charge in [0.05, 0.1) is 6.42 Å². The predicted molar refractivity (Wildman–Crippen MR) is 49.8 cm³/mol. The first kappa shape index (κ1) is 12.4. The van der Waals surface area contributed by atoms with E-state index in [1.165, 1.54) is 0 Å². The lowest BCUT2D eigenvalue weighted by atomic mass is 10.1. The fraction of sp³-hybridized carbons (Fsp3) is 0.889. The molecule has 0 radical (unpaired) electrons. The van der Waals surface area contributed by atoms with Gasteiger partial charge in [-0.05, 0) is 20.8 Å². The molecule has 0 heterocycles. The van der Waals surface area contributed by atoms with Crippen LogP contribution in [0.15, 0.2) is 0 Å². The molecule has 0 saturated carbocycles. The summed E-state index contributed by atoms with van der Waals surface area (Å²) in [5.41, 5.74) is 4.72. The highest BCUT2D eigenvalue weighted by atomic mass is 16.6. The number of nitrogens with two attached hydrogens (primary N) is 1. The van der Waals surface area contributed by atoms with E-state index in [1.54, 1.807) is 27.7 Å². The average molecular weight is 189 g/mol. The number of esters is 1. The van der Waals surface area contributed by atoms with Gasteiger partial charge in [0.15, 0.2) is 0 Å². The van der Waals surface area contributed by atoms with E-state index in [2.05, 4.69) is 0 Å². The molecule has 0 aromatic heterocycles. The number of aliphatic hydroxyl groups is 1. The van der Waals surface area contributed by atoms with Crippen LogP contribution in [0.3, 0.4) is 0 Å². The fourth-order valence-corrected chi connectivity index (χ4v) is 0.767. The molecule has 1 unspecified atom stereocenters. The Balaban J connectivity index is 3.89. The average Bonchev–Trinajstić information content (AvgIpc) is 1.81. The van der Waals surface area contributed by atoms with Crippen molar-refractivity contribution in [2.75, 3.05) is 0 Å². The first-order valence-electron chi connectivity index (χ1n) is 4.38. The van der Waals surface area contributed by atoms with Crippen molar-refractivity contribution in [3.8, 4) is 0 Å². The van der Waals surface area contributed by atoms with Crippen LogP contribution in [0.1, 0.15) is 34.1 Å². The van der Waals surface area contributed by atoms with Crippen molar-refractivity contribution in [1.29, 1.82) is 0 Å². The Bertz CT molecular complexity index is 172. The summed E-state index contributed by atoms with van der Waals surface area (Å²) in [7, 11) is 0. The Morgan fingerprint density at radius 3 is 2.31 bits per heavy atom. The quantitative estimate of drug-likeness (QED) is 0.504. The van der Waals surface area contributed by atoms with Crippen LogP contribution in [0.2, 0.25) is 0 Å². The molecule has 2 atom stereocenters. The highest BCUT2D eigenvalue weighted by Crippen LogP contribution is 2.12. The van der Waals surface area contributed by atoms with Crippen LogP contribution in [0.5, 0.6) is 0 Å². The first-order chi connectivity index (χ1) is 5.72. The van der Waals surface area contributed by atoms with Crippen molar-refractivity contribution >= 4 is 5.97 Å². The number of carbonyl (C=O) groups is 1. The summed E-state index contributed by atoms with van der Waals surface area (Å²) in [6.45, 7) is 7.10. The third-order valence-corrected chi connectivity index (χ3v) is 1.49. The van der Waals surface area contributed by atoms with E-state index in [1.807, 2.05) is 0 Å². The largest absolute Gasteiger partial charge is 0.460 e. The molecule has 0 aliphatic heterocycles. The second-order valence-corrected chi connectivity index (χ2v) is 4.26. The van der Waals surface area contributed by atoms with Gasteiger partial charge in [0.25, 0.3) is 0 Å². The predicted octanol–water partition coefficient (Wildman–Crippen LogP) is 0.631. The minimum absolute atomic E-state index is 0.148. The fourth-order valence-electron chi connectivity index (χ4n) is 0.767. The van der Waals surface area contributed by atoms with E-state index >= 15 is 0 Å². The van der Waals surface area contributed by atoms with Crippen LogP contribution in [0.4, 0.5) is 0 Å². The van der Waals surface area contributed by atoms with Gasteiger partial charge in [0, 0.05) is 5.92 Å². The van der Waals surface area contributed by atoms with Gasteiger partial charge in [-0.2, -0.15) is 0 Å². The molecule has 0 aliphatic carbocycles. The summed E-state index contributed by atoms with van der Waals surface area (Å²) in [6.07, 6.45) is -0.818. The summed E-state index contributed by atoms with van der Waals surface area (Å²) in [4.78, 5) is 11.2. The molecule has 0 saturated heterocycles. The minimum Gasteiger partial charge on any atom is -0.460 e. The lowest BCUT2D eigenvalue weighted by molar-refractivity contribution is -0.156. The van der Waals surface area contributed by atoms with E-state index < -0.39 is 11.8 Å². The van der Waals surface area contributed by atoms with Gasteiger partial charge in [0.1, 0.15) is 11.8 Å². The molecule has 0 aromatic carbocycles. The lowest BCUT2D eigenvalue weighted by Crippen LogP contribution is -2.32. The molecule has 0 aliphatic rings. The molecule has 78 valence electrons. The Hall–Kier alpha value is -0.610. The lowest BCUT2D eigenvalue weighted by Gasteiger charge is -2.21. The second-order valence-electron chi connectivity index (χ2n) is 4.26. The number of hydrogen-bond donors (Lipinski definition) is 2. The van der Waals surface area contributed by atoms with Gasteiger partial charge < -0.3 is 15.6 Å². The van der Waals surface area contributed by atoms with Gasteiger partial charge in [-0.15, -0.1) is 0 Å². The normalized spacial score (nSPS) is 16.5. The molecule has 0 rings (SSSR count). The third-order valence-electron chi connectivity index (χ3n) is 1.49. The Labute approximate surface area is 79.1 Å². The Morgan fingerprint density at radius 2 is 2.00 bits per heavy atom. The maximum atomic E-state index is 11.2. The molecule has 0 bridgehead atoms. The maximum Gasteiger partial charge on any atom is 0.306 e. The topological polar surface area (TPSA) is 72.5 Å². The van der Waals surface area contributed by atoms with Crippen LogP contribution < -0.4 is 5.73 Å². The third kappa shape index (κ3) is 6.54. The Kier molecular flexibility index (Phi) is 4.36. The van der Waals surface area contributed by atoms with Gasteiger partial charge in [-0.3, -0.25) is 4.79 Å². The molecule has 0 aromatic rings.